The molecule has 0 saturated carbocycles. The number of nitrogens with zero attached hydrogens (tertiary/aromatic N) is 3. The van der Waals surface area contributed by atoms with Crippen LogP contribution in [0.2, 0.25) is 5.02 Å². The van der Waals surface area contributed by atoms with E-state index in [2.05, 4.69) is 23.8 Å². The highest BCUT2D eigenvalue weighted by molar-refractivity contribution is 6.31. The van der Waals surface area contributed by atoms with E-state index in [1.165, 1.54) is 0 Å². The SMILES string of the molecule is CCC(C)(C(N)c1c(Cl)cnn1C)N1CCOCC1. The molecule has 0 aliphatic carbocycles. The minimum absolute atomic E-state index is 0.138. The normalized spacial score (nSPS) is 22.2. The smallest absolute Gasteiger partial charge is 0.0834 e. The predicted octanol–water partition coefficient (Wildman–Crippen LogP) is 1.57. The van der Waals surface area contributed by atoms with Crippen molar-refractivity contribution in [1.82, 2.24) is 14.7 Å². The molecule has 108 valence electrons. The number of halogens is 1. The molecule has 0 spiro atoms. The number of ether oxygens (including phenoxy) is 1. The fourth-order valence-corrected chi connectivity index (χ4v) is 3.06. The highest BCUT2D eigenvalue weighted by Gasteiger charge is 2.39. The van der Waals surface area contributed by atoms with Gasteiger partial charge in [-0.1, -0.05) is 18.5 Å². The largest absolute Gasteiger partial charge is 0.379 e. The summed E-state index contributed by atoms with van der Waals surface area (Å²) >= 11 is 6.24. The Hall–Kier alpha value is -0.620. The quantitative estimate of drug-likeness (QED) is 0.913. The van der Waals surface area contributed by atoms with E-state index in [-0.39, 0.29) is 11.6 Å². The van der Waals surface area contributed by atoms with Gasteiger partial charge in [0.1, 0.15) is 0 Å². The lowest BCUT2D eigenvalue weighted by atomic mass is 9.85. The average Bonchev–Trinajstić information content (AvgIpc) is 2.77. The van der Waals surface area contributed by atoms with E-state index in [1.807, 2.05) is 7.05 Å². The summed E-state index contributed by atoms with van der Waals surface area (Å²) in [6.45, 7) is 7.72. The maximum absolute atomic E-state index is 6.53. The van der Waals surface area contributed by atoms with Crippen molar-refractivity contribution >= 4 is 11.6 Å². The second kappa shape index (κ2) is 5.79. The lowest BCUT2D eigenvalue weighted by Crippen LogP contribution is -2.57. The number of aryl methyl sites for hydroxylation is 1. The fourth-order valence-electron chi connectivity index (χ4n) is 2.78. The van der Waals surface area contributed by atoms with Gasteiger partial charge in [0.15, 0.2) is 0 Å². The molecular formula is C13H23ClN4O. The van der Waals surface area contributed by atoms with Crippen molar-refractivity contribution in [3.8, 4) is 0 Å². The second-order valence-corrected chi connectivity index (χ2v) is 5.70. The summed E-state index contributed by atoms with van der Waals surface area (Å²) < 4.78 is 7.21. The van der Waals surface area contributed by atoms with Gasteiger partial charge in [-0.2, -0.15) is 5.10 Å². The summed E-state index contributed by atoms with van der Waals surface area (Å²) in [5.74, 6) is 0. The Morgan fingerprint density at radius 2 is 2.16 bits per heavy atom. The van der Waals surface area contributed by atoms with Gasteiger partial charge in [-0.15, -0.1) is 0 Å². The van der Waals surface area contributed by atoms with Crippen molar-refractivity contribution in [3.05, 3.63) is 16.9 Å². The summed E-state index contributed by atoms with van der Waals surface area (Å²) in [6.07, 6.45) is 2.61. The third-order valence-electron chi connectivity index (χ3n) is 4.35. The van der Waals surface area contributed by atoms with Crippen molar-refractivity contribution < 1.29 is 4.74 Å². The summed E-state index contributed by atoms with van der Waals surface area (Å²) in [7, 11) is 1.89. The molecule has 1 aromatic heterocycles. The van der Waals surface area contributed by atoms with E-state index >= 15 is 0 Å². The molecule has 2 N–H and O–H groups in total. The van der Waals surface area contributed by atoms with Crippen LogP contribution >= 0.6 is 11.6 Å². The lowest BCUT2D eigenvalue weighted by Gasteiger charge is -2.46. The molecule has 1 aliphatic rings. The molecule has 19 heavy (non-hydrogen) atoms. The highest BCUT2D eigenvalue weighted by atomic mass is 35.5. The molecule has 1 aliphatic heterocycles. The number of hydrogen-bond donors (Lipinski definition) is 1. The molecule has 0 aromatic carbocycles. The first-order valence-electron chi connectivity index (χ1n) is 6.76. The van der Waals surface area contributed by atoms with Gasteiger partial charge in [0, 0.05) is 25.7 Å². The van der Waals surface area contributed by atoms with Gasteiger partial charge >= 0.3 is 0 Å². The van der Waals surface area contributed by atoms with E-state index in [4.69, 9.17) is 22.1 Å². The number of rotatable bonds is 4. The Labute approximate surface area is 119 Å². The first-order valence-corrected chi connectivity index (χ1v) is 7.14. The zero-order chi connectivity index (χ0) is 14.0. The minimum Gasteiger partial charge on any atom is -0.379 e. The summed E-state index contributed by atoms with van der Waals surface area (Å²) in [5.41, 5.74) is 7.30. The van der Waals surface area contributed by atoms with E-state index in [9.17, 15) is 0 Å². The first kappa shape index (κ1) is 14.8. The van der Waals surface area contributed by atoms with Crippen LogP contribution < -0.4 is 5.73 Å². The van der Waals surface area contributed by atoms with Crippen LogP contribution in [0.4, 0.5) is 0 Å². The molecule has 1 fully saturated rings. The minimum atomic E-state index is -0.171. The summed E-state index contributed by atoms with van der Waals surface area (Å²) in [5, 5.41) is 4.83. The van der Waals surface area contributed by atoms with Crippen LogP contribution in [0.25, 0.3) is 0 Å². The highest BCUT2D eigenvalue weighted by Crippen LogP contribution is 2.35. The molecule has 6 heteroatoms. The number of hydrogen-bond acceptors (Lipinski definition) is 4. The molecule has 2 rings (SSSR count). The maximum atomic E-state index is 6.53. The number of nitrogens with two attached hydrogens (primary N) is 1. The van der Waals surface area contributed by atoms with E-state index < -0.39 is 0 Å². The van der Waals surface area contributed by atoms with Gasteiger partial charge in [-0.25, -0.2) is 0 Å². The Morgan fingerprint density at radius 1 is 1.53 bits per heavy atom. The molecule has 2 heterocycles. The summed E-state index contributed by atoms with van der Waals surface area (Å²) in [6, 6.07) is -0.171. The molecule has 5 nitrogen and oxygen atoms in total. The second-order valence-electron chi connectivity index (χ2n) is 5.29. The van der Waals surface area contributed by atoms with E-state index in [0.717, 1.165) is 38.4 Å². The number of aromatic nitrogens is 2. The van der Waals surface area contributed by atoms with Gasteiger partial charge in [-0.05, 0) is 13.3 Å². The molecular weight excluding hydrogens is 264 g/mol. The fraction of sp³-hybridized carbons (Fsp3) is 0.769. The molecule has 1 aromatic rings. The molecule has 2 atom stereocenters. The molecule has 0 radical (unpaired) electrons. The van der Waals surface area contributed by atoms with E-state index in [0.29, 0.717) is 5.02 Å². The lowest BCUT2D eigenvalue weighted by molar-refractivity contribution is -0.0286. The van der Waals surface area contributed by atoms with E-state index in [1.54, 1.807) is 10.9 Å². The van der Waals surface area contributed by atoms with Gasteiger partial charge in [0.25, 0.3) is 0 Å². The Balaban J connectivity index is 2.29. The Bertz CT molecular complexity index is 411. The van der Waals surface area contributed by atoms with Gasteiger partial charge in [-0.3, -0.25) is 9.58 Å². The van der Waals surface area contributed by atoms with Crippen molar-refractivity contribution in [2.45, 2.75) is 31.8 Å². The van der Waals surface area contributed by atoms with Crippen LogP contribution in [0.5, 0.6) is 0 Å². The molecule has 0 amide bonds. The molecule has 0 bridgehead atoms. The van der Waals surface area contributed by atoms with Crippen molar-refractivity contribution in [3.63, 3.8) is 0 Å². The zero-order valence-electron chi connectivity index (χ0n) is 11.9. The van der Waals surface area contributed by atoms with Crippen LogP contribution in [0, 0.1) is 0 Å². The van der Waals surface area contributed by atoms with Crippen LogP contribution in [0.15, 0.2) is 6.20 Å². The Morgan fingerprint density at radius 3 is 2.63 bits per heavy atom. The maximum Gasteiger partial charge on any atom is 0.0834 e. The molecule has 2 unspecified atom stereocenters. The van der Waals surface area contributed by atoms with Crippen molar-refractivity contribution in [2.75, 3.05) is 26.3 Å². The van der Waals surface area contributed by atoms with Gasteiger partial charge in [0.2, 0.25) is 0 Å². The van der Waals surface area contributed by atoms with Gasteiger partial charge in [0.05, 0.1) is 36.2 Å². The predicted molar refractivity (Wildman–Crippen MR) is 76.2 cm³/mol. The zero-order valence-corrected chi connectivity index (χ0v) is 12.7. The standard InChI is InChI=1S/C13H23ClN4O/c1-4-13(2,18-5-7-19-8-6-18)12(15)11-10(14)9-16-17(11)3/h9,12H,4-8,15H2,1-3H3. The van der Waals surface area contributed by atoms with Crippen LogP contribution in [-0.4, -0.2) is 46.5 Å². The number of morpholine rings is 1. The average molecular weight is 287 g/mol. The summed E-state index contributed by atoms with van der Waals surface area (Å²) in [4.78, 5) is 2.41. The monoisotopic (exact) mass is 286 g/mol. The third-order valence-corrected chi connectivity index (χ3v) is 4.64. The van der Waals surface area contributed by atoms with Gasteiger partial charge < -0.3 is 10.5 Å². The Kier molecular flexibility index (Phi) is 4.50. The van der Waals surface area contributed by atoms with Crippen LogP contribution in [0.1, 0.15) is 32.0 Å². The van der Waals surface area contributed by atoms with Crippen LogP contribution in [-0.2, 0) is 11.8 Å². The topological polar surface area (TPSA) is 56.3 Å². The van der Waals surface area contributed by atoms with Crippen LogP contribution in [0.3, 0.4) is 0 Å². The first-order chi connectivity index (χ1) is 9.00. The molecule has 1 saturated heterocycles. The third kappa shape index (κ3) is 2.65. The van der Waals surface area contributed by atoms with Crippen molar-refractivity contribution in [2.24, 2.45) is 12.8 Å². The van der Waals surface area contributed by atoms with Crippen molar-refractivity contribution in [1.29, 1.82) is 0 Å².